The number of anilines is 1. The Kier molecular flexibility index (Phi) is 5.26. The Labute approximate surface area is 144 Å². The lowest BCUT2D eigenvalue weighted by Crippen LogP contribution is -2.27. The first kappa shape index (κ1) is 17.3. The number of para-hydroxylation sites is 1. The van der Waals surface area contributed by atoms with Crippen LogP contribution < -0.4 is 10.1 Å². The molecule has 0 unspecified atom stereocenters. The molecule has 0 radical (unpaired) electrons. The van der Waals surface area contributed by atoms with Gasteiger partial charge in [0.15, 0.2) is 0 Å². The smallest absolute Gasteiger partial charge is 0.412 e. The van der Waals surface area contributed by atoms with Gasteiger partial charge in [0.1, 0.15) is 16.0 Å². The number of carbonyl (C=O) groups excluding carboxylic acids is 1. The molecule has 122 valence electrons. The molecule has 0 spiro atoms. The summed E-state index contributed by atoms with van der Waals surface area (Å²) in [6.45, 7) is 5.44. The lowest BCUT2D eigenvalue weighted by atomic mass is 10.0. The summed E-state index contributed by atoms with van der Waals surface area (Å²) < 4.78 is 11.4. The Morgan fingerprint density at radius 2 is 1.91 bits per heavy atom. The molecule has 1 aromatic carbocycles. The number of benzene rings is 1. The summed E-state index contributed by atoms with van der Waals surface area (Å²) >= 11 is 3.36. The van der Waals surface area contributed by atoms with Crippen LogP contribution in [0.3, 0.4) is 0 Å². The fraction of sp³-hybridized carbons (Fsp3) is 0.294. The van der Waals surface area contributed by atoms with Gasteiger partial charge in [0, 0.05) is 11.1 Å². The van der Waals surface area contributed by atoms with Crippen LogP contribution in [-0.4, -0.2) is 23.8 Å². The third kappa shape index (κ3) is 4.69. The molecule has 1 amide bonds. The monoisotopic (exact) mass is 378 g/mol. The van der Waals surface area contributed by atoms with E-state index in [-0.39, 0.29) is 0 Å². The maximum atomic E-state index is 12.0. The van der Waals surface area contributed by atoms with E-state index in [1.54, 1.807) is 13.3 Å². The lowest BCUT2D eigenvalue weighted by Gasteiger charge is -2.20. The van der Waals surface area contributed by atoms with Crippen LogP contribution in [0.15, 0.2) is 41.1 Å². The van der Waals surface area contributed by atoms with E-state index in [2.05, 4.69) is 26.2 Å². The van der Waals surface area contributed by atoms with Gasteiger partial charge in [-0.25, -0.2) is 9.78 Å². The second kappa shape index (κ2) is 7.00. The summed E-state index contributed by atoms with van der Waals surface area (Å²) in [6, 6.07) is 9.40. The number of pyridine rings is 1. The highest BCUT2D eigenvalue weighted by atomic mass is 79.9. The zero-order valence-electron chi connectivity index (χ0n) is 13.5. The fourth-order valence-electron chi connectivity index (χ4n) is 2.03. The minimum Gasteiger partial charge on any atom is -0.496 e. The van der Waals surface area contributed by atoms with Gasteiger partial charge < -0.3 is 9.47 Å². The van der Waals surface area contributed by atoms with E-state index in [1.165, 1.54) is 0 Å². The molecule has 0 atom stereocenters. The standard InChI is InChI=1S/C17H19BrN2O3/c1-17(2,3)23-16(21)20-13-10-19-15(18)9-12(13)11-7-5-6-8-14(11)22-4/h5-10H,1-4H3,(H,20,21). The van der Waals surface area contributed by atoms with Crippen LogP contribution in [0.4, 0.5) is 10.5 Å². The summed E-state index contributed by atoms with van der Waals surface area (Å²) in [5, 5.41) is 2.74. The molecule has 6 heteroatoms. The SMILES string of the molecule is COc1ccccc1-c1cc(Br)ncc1NC(=O)OC(C)(C)C. The normalized spacial score (nSPS) is 11.0. The maximum Gasteiger partial charge on any atom is 0.412 e. The van der Waals surface area contributed by atoms with E-state index in [0.717, 1.165) is 11.1 Å². The molecule has 2 aromatic rings. The van der Waals surface area contributed by atoms with Crippen LogP contribution >= 0.6 is 15.9 Å². The average molecular weight is 379 g/mol. The van der Waals surface area contributed by atoms with E-state index in [1.807, 2.05) is 51.1 Å². The summed E-state index contributed by atoms with van der Waals surface area (Å²) in [5.41, 5.74) is 1.61. The van der Waals surface area contributed by atoms with E-state index in [0.29, 0.717) is 16.0 Å². The number of methoxy groups -OCH3 is 1. The largest absolute Gasteiger partial charge is 0.496 e. The second-order valence-electron chi connectivity index (χ2n) is 5.88. The predicted octanol–water partition coefficient (Wildman–Crippen LogP) is 4.87. The van der Waals surface area contributed by atoms with Crippen LogP contribution in [0.5, 0.6) is 5.75 Å². The third-order valence-corrected chi connectivity index (χ3v) is 3.34. The molecule has 1 aromatic heterocycles. The van der Waals surface area contributed by atoms with Crippen LogP contribution in [0.25, 0.3) is 11.1 Å². The molecule has 1 heterocycles. The van der Waals surface area contributed by atoms with Crippen LogP contribution in [0.2, 0.25) is 0 Å². The number of rotatable bonds is 3. The molecule has 0 fully saturated rings. The number of amides is 1. The summed E-state index contributed by atoms with van der Waals surface area (Å²) in [7, 11) is 1.61. The maximum absolute atomic E-state index is 12.0. The number of hydrogen-bond acceptors (Lipinski definition) is 4. The zero-order chi connectivity index (χ0) is 17.0. The number of hydrogen-bond donors (Lipinski definition) is 1. The molecule has 0 saturated heterocycles. The molecule has 0 aliphatic carbocycles. The van der Waals surface area contributed by atoms with Crippen molar-refractivity contribution >= 4 is 27.7 Å². The van der Waals surface area contributed by atoms with Crippen molar-refractivity contribution in [3.05, 3.63) is 41.1 Å². The van der Waals surface area contributed by atoms with Crippen LogP contribution in [0, 0.1) is 0 Å². The molecule has 0 aliphatic heterocycles. The minimum absolute atomic E-state index is 0.530. The molecule has 5 nitrogen and oxygen atoms in total. The average Bonchev–Trinajstić information content (AvgIpc) is 2.47. The van der Waals surface area contributed by atoms with E-state index < -0.39 is 11.7 Å². The van der Waals surface area contributed by atoms with Gasteiger partial charge >= 0.3 is 6.09 Å². The van der Waals surface area contributed by atoms with E-state index >= 15 is 0 Å². The van der Waals surface area contributed by atoms with Crippen LogP contribution in [0.1, 0.15) is 20.8 Å². The Balaban J connectivity index is 2.40. The van der Waals surface area contributed by atoms with Gasteiger partial charge in [0.25, 0.3) is 0 Å². The summed E-state index contributed by atoms with van der Waals surface area (Å²) in [6.07, 6.45) is 1.05. The molecule has 23 heavy (non-hydrogen) atoms. The zero-order valence-corrected chi connectivity index (χ0v) is 15.1. The van der Waals surface area contributed by atoms with Crippen molar-refractivity contribution in [2.24, 2.45) is 0 Å². The van der Waals surface area contributed by atoms with Gasteiger partial charge in [-0.2, -0.15) is 0 Å². The minimum atomic E-state index is -0.572. The van der Waals surface area contributed by atoms with Gasteiger partial charge in [-0.05, 0) is 48.8 Å². The fourth-order valence-corrected chi connectivity index (χ4v) is 2.36. The number of carbonyl (C=O) groups is 1. The van der Waals surface area contributed by atoms with Gasteiger partial charge in [-0.15, -0.1) is 0 Å². The van der Waals surface area contributed by atoms with Crippen molar-refractivity contribution in [3.63, 3.8) is 0 Å². The number of ether oxygens (including phenoxy) is 2. The molecule has 0 bridgehead atoms. The molecule has 1 N–H and O–H groups in total. The number of nitrogens with one attached hydrogen (secondary N) is 1. The van der Waals surface area contributed by atoms with Crippen molar-refractivity contribution in [1.82, 2.24) is 4.98 Å². The van der Waals surface area contributed by atoms with Crippen LogP contribution in [-0.2, 0) is 4.74 Å². The molecule has 0 aliphatic rings. The number of aromatic nitrogens is 1. The lowest BCUT2D eigenvalue weighted by molar-refractivity contribution is 0.0636. The predicted molar refractivity (Wildman–Crippen MR) is 93.8 cm³/mol. The summed E-state index contributed by atoms with van der Waals surface area (Å²) in [5.74, 6) is 0.706. The molecular weight excluding hydrogens is 360 g/mol. The highest BCUT2D eigenvalue weighted by Crippen LogP contribution is 2.36. The third-order valence-electron chi connectivity index (χ3n) is 2.90. The van der Waals surface area contributed by atoms with Crippen molar-refractivity contribution in [2.75, 3.05) is 12.4 Å². The Hall–Kier alpha value is -2.08. The Bertz CT molecular complexity index is 711. The van der Waals surface area contributed by atoms with Gasteiger partial charge in [-0.1, -0.05) is 18.2 Å². The second-order valence-corrected chi connectivity index (χ2v) is 6.69. The van der Waals surface area contributed by atoms with Gasteiger partial charge in [-0.3, -0.25) is 5.32 Å². The highest BCUT2D eigenvalue weighted by Gasteiger charge is 2.19. The van der Waals surface area contributed by atoms with Crippen molar-refractivity contribution in [2.45, 2.75) is 26.4 Å². The van der Waals surface area contributed by atoms with Gasteiger partial charge in [0.2, 0.25) is 0 Å². The summed E-state index contributed by atoms with van der Waals surface area (Å²) in [4.78, 5) is 16.2. The first-order valence-corrected chi connectivity index (χ1v) is 7.88. The molecular formula is C17H19BrN2O3. The van der Waals surface area contributed by atoms with Crippen molar-refractivity contribution in [3.8, 4) is 16.9 Å². The molecule has 0 saturated carbocycles. The van der Waals surface area contributed by atoms with Crippen molar-refractivity contribution in [1.29, 1.82) is 0 Å². The number of nitrogens with zero attached hydrogens (tertiary/aromatic N) is 1. The number of halogens is 1. The first-order valence-electron chi connectivity index (χ1n) is 7.09. The quantitative estimate of drug-likeness (QED) is 0.774. The van der Waals surface area contributed by atoms with Gasteiger partial charge in [0.05, 0.1) is 19.0 Å². The first-order chi connectivity index (χ1) is 10.8. The topological polar surface area (TPSA) is 60.5 Å². The highest BCUT2D eigenvalue weighted by molar-refractivity contribution is 9.10. The Morgan fingerprint density at radius 1 is 1.22 bits per heavy atom. The van der Waals surface area contributed by atoms with Crippen molar-refractivity contribution < 1.29 is 14.3 Å². The molecule has 2 rings (SSSR count). The Morgan fingerprint density at radius 3 is 2.57 bits per heavy atom. The van der Waals surface area contributed by atoms with E-state index in [4.69, 9.17) is 9.47 Å². The van der Waals surface area contributed by atoms with E-state index in [9.17, 15) is 4.79 Å².